The van der Waals surface area contributed by atoms with Crippen LogP contribution in [-0.2, 0) is 16.6 Å². The Kier molecular flexibility index (Phi) is 6.00. The lowest BCUT2D eigenvalue weighted by atomic mass is 10.0. The maximum absolute atomic E-state index is 12.5. The van der Waals surface area contributed by atoms with E-state index in [0.29, 0.717) is 19.0 Å². The standard InChI is InChI=1S/C15H28N4O2S/c1-4-9-19-15(7-8-16-19)22(20,21)17-12-14(13(2)3)18-10-5-6-11-18/h7-8,13-14,17H,4-6,9-12H2,1-3H3. The number of aryl methyl sites for hydroxylation is 1. The maximum atomic E-state index is 12.5. The molecule has 6 nitrogen and oxygen atoms in total. The smallest absolute Gasteiger partial charge is 0.257 e. The first-order valence-corrected chi connectivity index (χ1v) is 9.69. The first kappa shape index (κ1) is 17.4. The zero-order valence-corrected chi connectivity index (χ0v) is 14.6. The maximum Gasteiger partial charge on any atom is 0.257 e. The van der Waals surface area contributed by atoms with E-state index < -0.39 is 10.0 Å². The Morgan fingerprint density at radius 3 is 2.59 bits per heavy atom. The fourth-order valence-corrected chi connectivity index (χ4v) is 4.25. The Balaban J connectivity index is 2.05. The van der Waals surface area contributed by atoms with Gasteiger partial charge in [-0.15, -0.1) is 0 Å². The Hall–Kier alpha value is -0.920. The van der Waals surface area contributed by atoms with Crippen molar-refractivity contribution in [2.75, 3.05) is 19.6 Å². The molecule has 0 radical (unpaired) electrons. The van der Waals surface area contributed by atoms with Crippen molar-refractivity contribution in [3.63, 3.8) is 0 Å². The fourth-order valence-electron chi connectivity index (χ4n) is 3.06. The van der Waals surface area contributed by atoms with Crippen molar-refractivity contribution >= 4 is 10.0 Å². The van der Waals surface area contributed by atoms with Crippen molar-refractivity contribution in [1.82, 2.24) is 19.4 Å². The summed E-state index contributed by atoms with van der Waals surface area (Å²) in [6.07, 6.45) is 4.82. The first-order valence-electron chi connectivity index (χ1n) is 8.21. The average molecular weight is 328 g/mol. The van der Waals surface area contributed by atoms with Crippen LogP contribution in [-0.4, -0.2) is 48.8 Å². The van der Waals surface area contributed by atoms with Crippen molar-refractivity contribution in [2.24, 2.45) is 5.92 Å². The van der Waals surface area contributed by atoms with E-state index in [1.165, 1.54) is 12.8 Å². The van der Waals surface area contributed by atoms with Crippen molar-refractivity contribution in [2.45, 2.75) is 57.6 Å². The Morgan fingerprint density at radius 2 is 2.00 bits per heavy atom. The highest BCUT2D eigenvalue weighted by Gasteiger charge is 2.27. The molecule has 0 amide bonds. The van der Waals surface area contributed by atoms with Gasteiger partial charge in [-0.25, -0.2) is 13.1 Å². The quantitative estimate of drug-likeness (QED) is 0.788. The van der Waals surface area contributed by atoms with Gasteiger partial charge in [0.2, 0.25) is 0 Å². The van der Waals surface area contributed by atoms with Crippen LogP contribution >= 0.6 is 0 Å². The third-order valence-electron chi connectivity index (χ3n) is 4.25. The molecular weight excluding hydrogens is 300 g/mol. The fraction of sp³-hybridized carbons (Fsp3) is 0.800. The molecule has 0 saturated carbocycles. The third-order valence-corrected chi connectivity index (χ3v) is 5.69. The summed E-state index contributed by atoms with van der Waals surface area (Å²) in [6.45, 7) is 9.52. The molecule has 1 aromatic rings. The molecule has 0 aliphatic carbocycles. The minimum Gasteiger partial charge on any atom is -0.299 e. The van der Waals surface area contributed by atoms with Gasteiger partial charge in [-0.1, -0.05) is 20.8 Å². The molecule has 1 aliphatic rings. The topological polar surface area (TPSA) is 67.2 Å². The minimum atomic E-state index is -3.50. The molecule has 7 heteroatoms. The zero-order chi connectivity index (χ0) is 16.2. The summed E-state index contributed by atoms with van der Waals surface area (Å²) < 4.78 is 29.4. The lowest BCUT2D eigenvalue weighted by Crippen LogP contribution is -2.45. The lowest BCUT2D eigenvalue weighted by molar-refractivity contribution is 0.193. The van der Waals surface area contributed by atoms with Crippen LogP contribution in [0.3, 0.4) is 0 Å². The van der Waals surface area contributed by atoms with E-state index >= 15 is 0 Å². The molecule has 1 aromatic heterocycles. The number of nitrogens with one attached hydrogen (secondary N) is 1. The molecule has 1 atom stereocenters. The van der Waals surface area contributed by atoms with Gasteiger partial charge in [0.05, 0.1) is 6.20 Å². The van der Waals surface area contributed by atoms with Crippen LogP contribution in [0.4, 0.5) is 0 Å². The zero-order valence-electron chi connectivity index (χ0n) is 13.8. The predicted octanol–water partition coefficient (Wildman–Crippen LogP) is 1.69. The SMILES string of the molecule is CCCn1nccc1S(=O)(=O)NCC(C(C)C)N1CCCC1. The summed E-state index contributed by atoms with van der Waals surface area (Å²) in [5.74, 6) is 0.418. The normalized spacial score (nSPS) is 18.2. The van der Waals surface area contributed by atoms with Crippen LogP contribution in [0.25, 0.3) is 0 Å². The highest BCUT2D eigenvalue weighted by Crippen LogP contribution is 2.18. The van der Waals surface area contributed by atoms with Crippen LogP contribution in [0.1, 0.15) is 40.0 Å². The van der Waals surface area contributed by atoms with E-state index in [2.05, 4.69) is 28.6 Å². The summed E-state index contributed by atoms with van der Waals surface area (Å²) in [5.41, 5.74) is 0. The van der Waals surface area contributed by atoms with Gasteiger partial charge >= 0.3 is 0 Å². The highest BCUT2D eigenvalue weighted by molar-refractivity contribution is 7.89. The van der Waals surface area contributed by atoms with Gasteiger partial charge in [0.15, 0.2) is 5.03 Å². The molecule has 1 aliphatic heterocycles. The number of nitrogens with zero attached hydrogens (tertiary/aromatic N) is 3. The lowest BCUT2D eigenvalue weighted by Gasteiger charge is -2.30. The van der Waals surface area contributed by atoms with Gasteiger partial charge < -0.3 is 0 Å². The summed E-state index contributed by atoms with van der Waals surface area (Å²) in [4.78, 5) is 2.40. The van der Waals surface area contributed by atoms with Crippen molar-refractivity contribution in [1.29, 1.82) is 0 Å². The molecule has 0 aromatic carbocycles. The molecule has 2 rings (SSSR count). The Morgan fingerprint density at radius 1 is 1.32 bits per heavy atom. The van der Waals surface area contributed by atoms with Crippen molar-refractivity contribution < 1.29 is 8.42 Å². The van der Waals surface area contributed by atoms with Crippen LogP contribution < -0.4 is 4.72 Å². The van der Waals surface area contributed by atoms with E-state index in [-0.39, 0.29) is 11.1 Å². The molecule has 0 bridgehead atoms. The molecular formula is C15H28N4O2S. The summed E-state index contributed by atoms with van der Waals surface area (Å²) in [7, 11) is -3.50. The van der Waals surface area contributed by atoms with Gasteiger partial charge in [-0.05, 0) is 44.3 Å². The number of aromatic nitrogens is 2. The van der Waals surface area contributed by atoms with Gasteiger partial charge in [0.1, 0.15) is 0 Å². The number of rotatable bonds is 8. The van der Waals surface area contributed by atoms with Crippen LogP contribution in [0.15, 0.2) is 17.3 Å². The third kappa shape index (κ3) is 4.08. The van der Waals surface area contributed by atoms with Crippen molar-refractivity contribution in [3.8, 4) is 0 Å². The van der Waals surface area contributed by atoms with Crippen LogP contribution in [0.2, 0.25) is 0 Å². The number of hydrogen-bond donors (Lipinski definition) is 1. The number of sulfonamides is 1. The molecule has 1 saturated heterocycles. The molecule has 126 valence electrons. The average Bonchev–Trinajstić information content (AvgIpc) is 3.10. The first-order chi connectivity index (χ1) is 10.5. The van der Waals surface area contributed by atoms with E-state index in [9.17, 15) is 8.42 Å². The van der Waals surface area contributed by atoms with E-state index in [1.54, 1.807) is 16.9 Å². The van der Waals surface area contributed by atoms with Crippen LogP contribution in [0.5, 0.6) is 0 Å². The van der Waals surface area contributed by atoms with E-state index in [1.807, 2.05) is 6.92 Å². The molecule has 1 fully saturated rings. The molecule has 22 heavy (non-hydrogen) atoms. The van der Waals surface area contributed by atoms with E-state index in [0.717, 1.165) is 19.5 Å². The predicted molar refractivity (Wildman–Crippen MR) is 87.1 cm³/mol. The molecule has 1 N–H and O–H groups in total. The second-order valence-electron chi connectivity index (χ2n) is 6.30. The number of likely N-dealkylation sites (tertiary alicyclic amines) is 1. The van der Waals surface area contributed by atoms with Gasteiger partial charge in [-0.3, -0.25) is 9.58 Å². The second kappa shape index (κ2) is 7.57. The van der Waals surface area contributed by atoms with E-state index in [4.69, 9.17) is 0 Å². The van der Waals surface area contributed by atoms with Crippen LogP contribution in [0, 0.1) is 5.92 Å². The monoisotopic (exact) mass is 328 g/mol. The second-order valence-corrected chi connectivity index (χ2v) is 8.01. The summed E-state index contributed by atoms with van der Waals surface area (Å²) in [5, 5.41) is 4.36. The highest BCUT2D eigenvalue weighted by atomic mass is 32.2. The summed E-state index contributed by atoms with van der Waals surface area (Å²) >= 11 is 0. The summed E-state index contributed by atoms with van der Waals surface area (Å²) in [6, 6.07) is 1.82. The van der Waals surface area contributed by atoms with Gasteiger partial charge in [-0.2, -0.15) is 5.10 Å². The molecule has 2 heterocycles. The minimum absolute atomic E-state index is 0.250. The van der Waals surface area contributed by atoms with Gasteiger partial charge in [0, 0.05) is 19.1 Å². The molecule has 0 spiro atoms. The van der Waals surface area contributed by atoms with Crippen molar-refractivity contribution in [3.05, 3.63) is 12.3 Å². The number of hydrogen-bond acceptors (Lipinski definition) is 4. The largest absolute Gasteiger partial charge is 0.299 e. The molecule has 1 unspecified atom stereocenters. The van der Waals surface area contributed by atoms with Gasteiger partial charge in [0.25, 0.3) is 10.0 Å². The Bertz CT molecular complexity index is 562. The Labute approximate surface area is 133 Å².